The Morgan fingerprint density at radius 1 is 1.11 bits per heavy atom. The number of rotatable bonds is 6. The van der Waals surface area contributed by atoms with Crippen LogP contribution in [-0.2, 0) is 19.0 Å². The van der Waals surface area contributed by atoms with Crippen molar-refractivity contribution in [2.75, 3.05) is 26.3 Å². The Balaban J connectivity index is 2.01. The van der Waals surface area contributed by atoms with Crippen LogP contribution in [0.4, 0.5) is 4.79 Å². The van der Waals surface area contributed by atoms with Crippen molar-refractivity contribution >= 4 is 12.1 Å². The minimum Gasteiger partial charge on any atom is -0.464 e. The lowest BCUT2D eigenvalue weighted by atomic mass is 9.64. The summed E-state index contributed by atoms with van der Waals surface area (Å²) in [5, 5.41) is 0. The van der Waals surface area contributed by atoms with Gasteiger partial charge in [-0.2, -0.15) is 0 Å². The Morgan fingerprint density at radius 2 is 1.71 bits per heavy atom. The Kier molecular flexibility index (Phi) is 8.17. The molecule has 2 rings (SSSR count). The van der Waals surface area contributed by atoms with Crippen molar-refractivity contribution in [2.45, 2.75) is 91.3 Å². The van der Waals surface area contributed by atoms with E-state index < -0.39 is 11.7 Å². The van der Waals surface area contributed by atoms with Gasteiger partial charge in [0.15, 0.2) is 6.10 Å². The standard InChI is InChI=1S/C22H39NO5/c1-6-26-19(24)17(2)27-16-22(18-10-8-7-9-11-18)12-14-23(15-13-22)20(25)28-21(3,4)5/h17-18H,6-16H2,1-5H3. The molecular weight excluding hydrogens is 358 g/mol. The van der Waals surface area contributed by atoms with Gasteiger partial charge in [0.05, 0.1) is 13.2 Å². The number of carbonyl (C=O) groups is 2. The molecule has 1 atom stereocenters. The molecule has 0 N–H and O–H groups in total. The second-order valence-electron chi connectivity index (χ2n) is 9.37. The fraction of sp³-hybridized carbons (Fsp3) is 0.909. The number of piperidine rings is 1. The average Bonchev–Trinajstić information content (AvgIpc) is 2.66. The number of hydrogen-bond acceptors (Lipinski definition) is 5. The molecule has 1 aliphatic carbocycles. The largest absolute Gasteiger partial charge is 0.464 e. The second-order valence-corrected chi connectivity index (χ2v) is 9.37. The Morgan fingerprint density at radius 3 is 2.25 bits per heavy atom. The van der Waals surface area contributed by atoms with Gasteiger partial charge in [-0.1, -0.05) is 19.3 Å². The minimum absolute atomic E-state index is 0.0275. The molecule has 1 saturated carbocycles. The topological polar surface area (TPSA) is 65.1 Å². The summed E-state index contributed by atoms with van der Waals surface area (Å²) in [5.74, 6) is 0.295. The third-order valence-electron chi connectivity index (χ3n) is 6.12. The van der Waals surface area contributed by atoms with E-state index in [0.29, 0.717) is 32.2 Å². The SMILES string of the molecule is CCOC(=O)C(C)OCC1(C2CCCCC2)CCN(C(=O)OC(C)(C)C)CC1. The van der Waals surface area contributed by atoms with E-state index in [1.54, 1.807) is 13.8 Å². The van der Waals surface area contributed by atoms with Crippen LogP contribution in [0.1, 0.15) is 79.6 Å². The van der Waals surface area contributed by atoms with Crippen molar-refractivity contribution < 1.29 is 23.8 Å². The van der Waals surface area contributed by atoms with Gasteiger partial charge in [0.2, 0.25) is 0 Å². The van der Waals surface area contributed by atoms with Gasteiger partial charge in [0, 0.05) is 13.1 Å². The van der Waals surface area contributed by atoms with Gasteiger partial charge in [-0.05, 0) is 71.6 Å². The summed E-state index contributed by atoms with van der Waals surface area (Å²) >= 11 is 0. The van der Waals surface area contributed by atoms with E-state index in [0.717, 1.165) is 12.8 Å². The Labute approximate surface area is 170 Å². The molecule has 2 fully saturated rings. The molecule has 0 radical (unpaired) electrons. The van der Waals surface area contributed by atoms with E-state index in [-0.39, 0.29) is 17.5 Å². The zero-order valence-electron chi connectivity index (χ0n) is 18.4. The van der Waals surface area contributed by atoms with Crippen molar-refractivity contribution in [2.24, 2.45) is 11.3 Å². The van der Waals surface area contributed by atoms with E-state index in [1.807, 2.05) is 25.7 Å². The van der Waals surface area contributed by atoms with E-state index in [1.165, 1.54) is 32.1 Å². The summed E-state index contributed by atoms with van der Waals surface area (Å²) in [6, 6.07) is 0. The third kappa shape index (κ3) is 6.36. The highest BCUT2D eigenvalue weighted by Crippen LogP contribution is 2.46. The molecule has 0 aromatic carbocycles. The van der Waals surface area contributed by atoms with Crippen LogP contribution in [0.15, 0.2) is 0 Å². The highest BCUT2D eigenvalue weighted by Gasteiger charge is 2.43. The predicted octanol–water partition coefficient (Wildman–Crippen LogP) is 4.55. The van der Waals surface area contributed by atoms with Crippen molar-refractivity contribution in [3.8, 4) is 0 Å². The maximum absolute atomic E-state index is 12.4. The molecule has 0 spiro atoms. The Bertz CT molecular complexity index is 514. The lowest BCUT2D eigenvalue weighted by Gasteiger charge is -2.48. The van der Waals surface area contributed by atoms with Gasteiger partial charge in [0.1, 0.15) is 5.60 Å². The van der Waals surface area contributed by atoms with Crippen molar-refractivity contribution in [3.63, 3.8) is 0 Å². The number of amides is 1. The maximum Gasteiger partial charge on any atom is 0.410 e. The first-order chi connectivity index (χ1) is 13.2. The van der Waals surface area contributed by atoms with Crippen LogP contribution in [0.5, 0.6) is 0 Å². The molecule has 1 saturated heterocycles. The molecule has 1 aliphatic heterocycles. The summed E-state index contributed by atoms with van der Waals surface area (Å²) in [6.07, 6.45) is 7.25. The number of likely N-dealkylation sites (tertiary alicyclic amines) is 1. The van der Waals surface area contributed by atoms with Crippen LogP contribution >= 0.6 is 0 Å². The van der Waals surface area contributed by atoms with Crippen LogP contribution in [0.3, 0.4) is 0 Å². The molecular formula is C22H39NO5. The summed E-state index contributed by atoms with van der Waals surface area (Å²) in [4.78, 5) is 26.2. The number of esters is 1. The van der Waals surface area contributed by atoms with E-state index in [2.05, 4.69) is 0 Å². The van der Waals surface area contributed by atoms with Gasteiger partial charge in [-0.15, -0.1) is 0 Å². The summed E-state index contributed by atoms with van der Waals surface area (Å²) in [6.45, 7) is 11.5. The molecule has 1 amide bonds. The molecule has 1 unspecified atom stereocenters. The predicted molar refractivity (Wildman–Crippen MR) is 108 cm³/mol. The van der Waals surface area contributed by atoms with Crippen molar-refractivity contribution in [1.29, 1.82) is 0 Å². The van der Waals surface area contributed by atoms with Gasteiger partial charge >= 0.3 is 12.1 Å². The number of ether oxygens (including phenoxy) is 3. The number of carbonyl (C=O) groups excluding carboxylic acids is 2. The number of nitrogens with zero attached hydrogens (tertiary/aromatic N) is 1. The van der Waals surface area contributed by atoms with Crippen LogP contribution in [-0.4, -0.2) is 55.0 Å². The van der Waals surface area contributed by atoms with Gasteiger partial charge in [-0.25, -0.2) is 9.59 Å². The Hall–Kier alpha value is -1.30. The normalized spacial score (nSPS) is 21.8. The zero-order chi connectivity index (χ0) is 20.8. The number of hydrogen-bond donors (Lipinski definition) is 0. The highest BCUT2D eigenvalue weighted by atomic mass is 16.6. The smallest absolute Gasteiger partial charge is 0.410 e. The zero-order valence-corrected chi connectivity index (χ0v) is 18.4. The first-order valence-electron chi connectivity index (χ1n) is 10.9. The van der Waals surface area contributed by atoms with Crippen molar-refractivity contribution in [1.82, 2.24) is 4.90 Å². The van der Waals surface area contributed by atoms with Crippen LogP contribution in [0, 0.1) is 11.3 Å². The van der Waals surface area contributed by atoms with Crippen LogP contribution in [0.2, 0.25) is 0 Å². The molecule has 6 heteroatoms. The quantitative estimate of drug-likeness (QED) is 0.615. The van der Waals surface area contributed by atoms with E-state index in [9.17, 15) is 9.59 Å². The minimum atomic E-state index is -0.552. The van der Waals surface area contributed by atoms with Crippen LogP contribution < -0.4 is 0 Å². The lowest BCUT2D eigenvalue weighted by Crippen LogP contribution is -2.50. The van der Waals surface area contributed by atoms with Crippen LogP contribution in [0.25, 0.3) is 0 Å². The summed E-state index contributed by atoms with van der Waals surface area (Å²) in [5.41, 5.74) is -0.452. The first kappa shape index (κ1) is 23.0. The van der Waals surface area contributed by atoms with Crippen molar-refractivity contribution in [3.05, 3.63) is 0 Å². The molecule has 0 aromatic heterocycles. The lowest BCUT2D eigenvalue weighted by molar-refractivity contribution is -0.160. The average molecular weight is 398 g/mol. The fourth-order valence-corrected chi connectivity index (χ4v) is 4.47. The van der Waals surface area contributed by atoms with E-state index >= 15 is 0 Å². The molecule has 28 heavy (non-hydrogen) atoms. The fourth-order valence-electron chi connectivity index (χ4n) is 4.47. The van der Waals surface area contributed by atoms with Gasteiger partial charge < -0.3 is 19.1 Å². The molecule has 0 bridgehead atoms. The first-order valence-corrected chi connectivity index (χ1v) is 10.9. The van der Waals surface area contributed by atoms with Gasteiger partial charge in [-0.3, -0.25) is 0 Å². The second kappa shape index (κ2) is 9.95. The van der Waals surface area contributed by atoms with E-state index in [4.69, 9.17) is 14.2 Å². The summed E-state index contributed by atoms with van der Waals surface area (Å²) in [7, 11) is 0. The third-order valence-corrected chi connectivity index (χ3v) is 6.12. The highest BCUT2D eigenvalue weighted by molar-refractivity contribution is 5.74. The molecule has 6 nitrogen and oxygen atoms in total. The maximum atomic E-state index is 12.4. The summed E-state index contributed by atoms with van der Waals surface area (Å²) < 4.78 is 16.6. The monoisotopic (exact) mass is 397 g/mol. The molecule has 2 aliphatic rings. The molecule has 162 valence electrons. The van der Waals surface area contributed by atoms with Gasteiger partial charge in [0.25, 0.3) is 0 Å². The molecule has 0 aromatic rings. The molecule has 1 heterocycles.